The van der Waals surface area contributed by atoms with Gasteiger partial charge in [0.1, 0.15) is 32.8 Å². The van der Waals surface area contributed by atoms with Crippen molar-refractivity contribution < 1.29 is 19.7 Å². The first kappa shape index (κ1) is 12.2. The van der Waals surface area contributed by atoms with Crippen LogP contribution in [0.5, 0.6) is 11.5 Å². The van der Waals surface area contributed by atoms with E-state index in [2.05, 4.69) is 31.5 Å². The van der Waals surface area contributed by atoms with E-state index in [-0.39, 0.29) is 0 Å². The van der Waals surface area contributed by atoms with Gasteiger partial charge in [0.05, 0.1) is 14.1 Å². The van der Waals surface area contributed by atoms with Gasteiger partial charge in [-0.15, -0.1) is 0 Å². The summed E-state index contributed by atoms with van der Waals surface area (Å²) < 4.78 is 11.1. The molecule has 0 fully saturated rings. The number of hydrogen-bond acceptors (Lipinski definition) is 2. The Labute approximate surface area is 103 Å². The van der Waals surface area contributed by atoms with Crippen LogP contribution in [-0.4, -0.2) is 40.4 Å². The van der Waals surface area contributed by atoms with Gasteiger partial charge in [-0.05, 0) is 18.2 Å². The lowest BCUT2D eigenvalue weighted by molar-refractivity contribution is -0.875. The molecule has 4 heteroatoms. The highest BCUT2D eigenvalue weighted by molar-refractivity contribution is 5.43. The average molecular weight is 238 g/mol. The molecule has 0 radical (unpaired) electrons. The van der Waals surface area contributed by atoms with Crippen LogP contribution in [0.2, 0.25) is 0 Å². The first-order chi connectivity index (χ1) is 8.25. The summed E-state index contributed by atoms with van der Waals surface area (Å²) in [6, 6.07) is 6.22. The molecule has 1 aromatic rings. The maximum atomic E-state index is 5.57. The Balaban J connectivity index is 1.85. The van der Waals surface area contributed by atoms with Gasteiger partial charge >= 0.3 is 0 Å². The summed E-state index contributed by atoms with van der Waals surface area (Å²) in [6.45, 7) is 4.65. The molecule has 0 aliphatic carbocycles. The third-order valence-electron chi connectivity index (χ3n) is 2.84. The fraction of sp³-hybridized carbons (Fsp3) is 0.538. The Morgan fingerprint density at radius 1 is 1.18 bits per heavy atom. The fourth-order valence-electron chi connectivity index (χ4n) is 1.87. The zero-order valence-electron chi connectivity index (χ0n) is 10.7. The maximum Gasteiger partial charge on any atom is 0.161 e. The zero-order valence-corrected chi connectivity index (χ0v) is 10.7. The van der Waals surface area contributed by atoms with E-state index in [0.29, 0.717) is 13.2 Å². The molecule has 17 heavy (non-hydrogen) atoms. The largest absolute Gasteiger partial charge is 0.486 e. The highest BCUT2D eigenvalue weighted by Crippen LogP contribution is 2.30. The van der Waals surface area contributed by atoms with Crippen molar-refractivity contribution in [3.8, 4) is 11.5 Å². The molecule has 0 aromatic heterocycles. The number of ether oxygens (including phenoxy) is 2. The van der Waals surface area contributed by atoms with Crippen LogP contribution in [0, 0.1) is 0 Å². The van der Waals surface area contributed by atoms with Crippen molar-refractivity contribution in [1.82, 2.24) is 0 Å². The number of hydrogen-bond donors (Lipinski definition) is 2. The van der Waals surface area contributed by atoms with Crippen molar-refractivity contribution in [3.05, 3.63) is 23.8 Å². The van der Waals surface area contributed by atoms with Gasteiger partial charge in [0, 0.05) is 5.56 Å². The molecule has 0 amide bonds. The van der Waals surface area contributed by atoms with Gasteiger partial charge < -0.3 is 19.7 Å². The Kier molecular flexibility index (Phi) is 4.23. The summed E-state index contributed by atoms with van der Waals surface area (Å²) in [6.07, 6.45) is 0. The zero-order chi connectivity index (χ0) is 12.1. The number of likely N-dealkylation sites (N-methyl/N-ethyl adjacent to an activating group) is 1. The summed E-state index contributed by atoms with van der Waals surface area (Å²) in [5.41, 5.74) is 1.29. The normalized spacial score (nSPS) is 14.1. The highest BCUT2D eigenvalue weighted by Gasteiger charge is 2.11. The minimum absolute atomic E-state index is 0.657. The van der Waals surface area contributed by atoms with Gasteiger partial charge in [-0.1, -0.05) is 0 Å². The minimum Gasteiger partial charge on any atom is -0.486 e. The molecule has 0 unspecified atom stereocenters. The lowest BCUT2D eigenvalue weighted by Crippen LogP contribution is -3.09. The quantitative estimate of drug-likeness (QED) is 0.624. The topological polar surface area (TPSA) is 39.5 Å². The number of quaternary nitrogens is 2. The van der Waals surface area contributed by atoms with E-state index in [0.717, 1.165) is 24.6 Å². The monoisotopic (exact) mass is 238 g/mol. The third-order valence-corrected chi connectivity index (χ3v) is 2.84. The molecule has 0 atom stereocenters. The molecule has 1 aliphatic rings. The second kappa shape index (κ2) is 5.89. The minimum atomic E-state index is 0.657. The first-order valence-electron chi connectivity index (χ1n) is 6.25. The van der Waals surface area contributed by atoms with Crippen LogP contribution >= 0.6 is 0 Å². The molecule has 1 aromatic carbocycles. The number of rotatable bonds is 5. The summed E-state index contributed by atoms with van der Waals surface area (Å²) in [5.74, 6) is 1.76. The standard InChI is InChI=1S/C13H20N2O2/c1-15(2)6-5-14-10-11-3-4-12-13(9-11)17-8-7-16-12/h3-4,9,14H,5-8,10H2,1-2H3/p+2. The second-order valence-electron chi connectivity index (χ2n) is 4.72. The molecule has 1 heterocycles. The van der Waals surface area contributed by atoms with Crippen molar-refractivity contribution in [2.24, 2.45) is 0 Å². The van der Waals surface area contributed by atoms with Crippen LogP contribution in [0.4, 0.5) is 0 Å². The van der Waals surface area contributed by atoms with Crippen molar-refractivity contribution >= 4 is 0 Å². The highest BCUT2D eigenvalue weighted by atomic mass is 16.6. The molecule has 3 N–H and O–H groups in total. The van der Waals surface area contributed by atoms with E-state index in [1.54, 1.807) is 0 Å². The van der Waals surface area contributed by atoms with Gasteiger partial charge in [0.25, 0.3) is 0 Å². The van der Waals surface area contributed by atoms with E-state index in [4.69, 9.17) is 9.47 Å². The van der Waals surface area contributed by atoms with E-state index in [9.17, 15) is 0 Å². The van der Waals surface area contributed by atoms with Crippen molar-refractivity contribution in [2.75, 3.05) is 40.4 Å². The predicted molar refractivity (Wildman–Crippen MR) is 65.6 cm³/mol. The van der Waals surface area contributed by atoms with Crippen LogP contribution in [-0.2, 0) is 6.54 Å². The molecule has 1 aliphatic heterocycles. The molecular formula is C13H22N2O2+2. The lowest BCUT2D eigenvalue weighted by atomic mass is 10.2. The van der Waals surface area contributed by atoms with Crippen LogP contribution in [0.1, 0.15) is 5.56 Å². The Bertz CT molecular complexity index is 366. The van der Waals surface area contributed by atoms with Crippen LogP contribution in [0.15, 0.2) is 18.2 Å². The molecule has 2 rings (SSSR count). The van der Waals surface area contributed by atoms with Gasteiger partial charge in [0.2, 0.25) is 0 Å². The second-order valence-corrected chi connectivity index (χ2v) is 4.72. The summed E-state index contributed by atoms with van der Waals surface area (Å²) in [5, 5.41) is 2.33. The van der Waals surface area contributed by atoms with Crippen LogP contribution in [0.25, 0.3) is 0 Å². The Morgan fingerprint density at radius 2 is 1.94 bits per heavy atom. The van der Waals surface area contributed by atoms with E-state index >= 15 is 0 Å². The van der Waals surface area contributed by atoms with Gasteiger partial charge in [-0.25, -0.2) is 0 Å². The first-order valence-corrected chi connectivity index (χ1v) is 6.25. The maximum absolute atomic E-state index is 5.57. The number of fused-ring (bicyclic) bond motifs is 1. The number of nitrogens with two attached hydrogens (primary N) is 1. The third kappa shape index (κ3) is 3.61. The molecule has 0 bridgehead atoms. The van der Waals surface area contributed by atoms with Crippen molar-refractivity contribution in [2.45, 2.75) is 6.54 Å². The van der Waals surface area contributed by atoms with Gasteiger partial charge in [0.15, 0.2) is 11.5 Å². The van der Waals surface area contributed by atoms with E-state index < -0.39 is 0 Å². The van der Waals surface area contributed by atoms with Crippen LogP contribution < -0.4 is 19.7 Å². The van der Waals surface area contributed by atoms with Crippen molar-refractivity contribution in [3.63, 3.8) is 0 Å². The summed E-state index contributed by atoms with van der Waals surface area (Å²) in [7, 11) is 4.36. The van der Waals surface area contributed by atoms with Crippen LogP contribution in [0.3, 0.4) is 0 Å². The predicted octanol–water partition coefficient (Wildman–Crippen LogP) is -1.33. The fourth-order valence-corrected chi connectivity index (χ4v) is 1.87. The molecule has 0 saturated carbocycles. The molecule has 94 valence electrons. The summed E-state index contributed by atoms with van der Waals surface area (Å²) >= 11 is 0. The van der Waals surface area contributed by atoms with Crippen molar-refractivity contribution in [1.29, 1.82) is 0 Å². The van der Waals surface area contributed by atoms with Gasteiger partial charge in [-0.2, -0.15) is 0 Å². The van der Waals surface area contributed by atoms with E-state index in [1.807, 2.05) is 6.07 Å². The smallest absolute Gasteiger partial charge is 0.161 e. The van der Waals surface area contributed by atoms with E-state index in [1.165, 1.54) is 17.0 Å². The Hall–Kier alpha value is -1.26. The molecular weight excluding hydrogens is 216 g/mol. The molecule has 0 spiro atoms. The summed E-state index contributed by atoms with van der Waals surface area (Å²) in [4.78, 5) is 1.49. The molecule has 4 nitrogen and oxygen atoms in total. The Morgan fingerprint density at radius 3 is 2.71 bits per heavy atom. The average Bonchev–Trinajstić information content (AvgIpc) is 2.34. The lowest BCUT2D eigenvalue weighted by Gasteiger charge is -2.18. The number of nitrogens with one attached hydrogen (secondary N) is 1. The molecule has 0 saturated heterocycles. The SMILES string of the molecule is C[NH+](C)CC[NH2+]Cc1ccc2c(c1)OCCO2. The van der Waals surface area contributed by atoms with Gasteiger partial charge in [-0.3, -0.25) is 0 Å². The number of benzene rings is 1.